The Labute approximate surface area is 132 Å². The van der Waals surface area contributed by atoms with Gasteiger partial charge in [0.15, 0.2) is 5.82 Å². The first kappa shape index (κ1) is 15.5. The van der Waals surface area contributed by atoms with E-state index in [2.05, 4.69) is 42.6 Å². The van der Waals surface area contributed by atoms with E-state index >= 15 is 0 Å². The average Bonchev–Trinajstić information content (AvgIpc) is 2.80. The minimum Gasteiger partial charge on any atom is -0.381 e. The van der Waals surface area contributed by atoms with Crippen molar-refractivity contribution in [3.05, 3.63) is 22.2 Å². The molecule has 1 atom stereocenters. The highest BCUT2D eigenvalue weighted by Crippen LogP contribution is 2.43. The van der Waals surface area contributed by atoms with E-state index in [0.717, 1.165) is 44.8 Å². The van der Waals surface area contributed by atoms with Crippen molar-refractivity contribution in [3.8, 4) is 0 Å². The van der Waals surface area contributed by atoms with Crippen molar-refractivity contribution < 1.29 is 4.74 Å². The van der Waals surface area contributed by atoms with E-state index in [1.165, 1.54) is 0 Å². The number of piperidine rings is 1. The highest BCUT2D eigenvalue weighted by atomic mass is 16.5. The molecule has 2 fully saturated rings. The number of ether oxygens (including phenoxy) is 1. The van der Waals surface area contributed by atoms with Crippen molar-refractivity contribution in [3.63, 3.8) is 0 Å². The summed E-state index contributed by atoms with van der Waals surface area (Å²) in [5, 5.41) is 0. The molecule has 5 heteroatoms. The maximum Gasteiger partial charge on any atom is 0.291 e. The smallest absolute Gasteiger partial charge is 0.291 e. The Morgan fingerprint density at radius 2 is 2.05 bits per heavy atom. The van der Waals surface area contributed by atoms with Crippen molar-refractivity contribution in [2.24, 2.45) is 11.3 Å². The molecule has 0 saturated carbocycles. The van der Waals surface area contributed by atoms with Gasteiger partial charge in [0, 0.05) is 42.4 Å². The Morgan fingerprint density at radius 1 is 1.36 bits per heavy atom. The van der Waals surface area contributed by atoms with Crippen molar-refractivity contribution in [2.75, 3.05) is 31.2 Å². The van der Waals surface area contributed by atoms with Crippen LogP contribution in [0.5, 0.6) is 0 Å². The zero-order chi connectivity index (χ0) is 16.0. The lowest BCUT2D eigenvalue weighted by Crippen LogP contribution is -2.45. The fraction of sp³-hybridized carbons (Fsp3) is 0.765. The summed E-state index contributed by atoms with van der Waals surface area (Å²) in [7, 11) is 0. The summed E-state index contributed by atoms with van der Waals surface area (Å²) in [5.74, 6) is 1.18. The van der Waals surface area contributed by atoms with Gasteiger partial charge < -0.3 is 14.6 Å². The fourth-order valence-electron chi connectivity index (χ4n) is 3.56. The molecule has 2 aliphatic heterocycles. The van der Waals surface area contributed by atoms with E-state index in [-0.39, 0.29) is 11.0 Å². The van der Waals surface area contributed by atoms with Crippen LogP contribution in [0.1, 0.15) is 46.2 Å². The van der Waals surface area contributed by atoms with Crippen LogP contribution in [-0.2, 0) is 10.2 Å². The second-order valence-electron chi connectivity index (χ2n) is 7.97. The normalized spacial score (nSPS) is 24.9. The number of anilines is 1. The largest absolute Gasteiger partial charge is 0.381 e. The molecule has 1 aromatic rings. The molecule has 1 N–H and O–H groups in total. The third kappa shape index (κ3) is 2.67. The second-order valence-corrected chi connectivity index (χ2v) is 7.97. The van der Waals surface area contributed by atoms with Gasteiger partial charge in [0.2, 0.25) is 0 Å². The molecule has 0 unspecified atom stereocenters. The van der Waals surface area contributed by atoms with Crippen LogP contribution in [0.4, 0.5) is 5.82 Å². The van der Waals surface area contributed by atoms with Crippen LogP contribution >= 0.6 is 0 Å². The molecule has 0 bridgehead atoms. The summed E-state index contributed by atoms with van der Waals surface area (Å²) in [5.41, 5.74) is 1.04. The quantitative estimate of drug-likeness (QED) is 0.865. The molecule has 3 rings (SSSR count). The minimum atomic E-state index is -0.0900. The van der Waals surface area contributed by atoms with E-state index in [9.17, 15) is 4.79 Å². The van der Waals surface area contributed by atoms with Crippen LogP contribution in [0.25, 0.3) is 0 Å². The van der Waals surface area contributed by atoms with Gasteiger partial charge in [-0.2, -0.15) is 0 Å². The zero-order valence-corrected chi connectivity index (χ0v) is 14.1. The minimum absolute atomic E-state index is 0.0703. The Kier molecular flexibility index (Phi) is 3.79. The molecule has 3 heterocycles. The predicted octanol–water partition coefficient (Wildman–Crippen LogP) is 2.32. The number of hydrogen-bond acceptors (Lipinski definition) is 4. The first-order chi connectivity index (χ1) is 10.3. The van der Waals surface area contributed by atoms with Crippen LogP contribution in [0.15, 0.2) is 11.0 Å². The molecular weight excluding hydrogens is 278 g/mol. The molecule has 0 amide bonds. The van der Waals surface area contributed by atoms with E-state index < -0.39 is 0 Å². The number of rotatable bonds is 1. The SMILES string of the molecule is C[C@H]1COCC12CCN(c1ncc(C(C)(C)C)[nH]c1=O)CC2. The average molecular weight is 305 g/mol. The van der Waals surface area contributed by atoms with E-state index in [0.29, 0.717) is 17.2 Å². The van der Waals surface area contributed by atoms with E-state index in [1.54, 1.807) is 0 Å². The van der Waals surface area contributed by atoms with Gasteiger partial charge in [0.1, 0.15) is 0 Å². The molecule has 0 aliphatic carbocycles. The lowest BCUT2D eigenvalue weighted by molar-refractivity contribution is 0.127. The fourth-order valence-corrected chi connectivity index (χ4v) is 3.56. The first-order valence-corrected chi connectivity index (χ1v) is 8.24. The van der Waals surface area contributed by atoms with E-state index in [1.807, 2.05) is 6.20 Å². The van der Waals surface area contributed by atoms with Crippen LogP contribution in [0.2, 0.25) is 0 Å². The standard InChI is InChI=1S/C17H27N3O2/c1-12-10-22-11-17(12)5-7-20(8-6-17)14-15(21)19-13(9-18-14)16(2,3)4/h9,12H,5-8,10-11H2,1-4H3,(H,19,21)/t12-/m0/s1. The number of hydrogen-bond donors (Lipinski definition) is 1. The summed E-state index contributed by atoms with van der Waals surface area (Å²) in [6.07, 6.45) is 3.97. The highest BCUT2D eigenvalue weighted by Gasteiger charge is 2.43. The van der Waals surface area contributed by atoms with Crippen LogP contribution in [0.3, 0.4) is 0 Å². The third-order valence-corrected chi connectivity index (χ3v) is 5.44. The van der Waals surface area contributed by atoms with Gasteiger partial charge in [-0.15, -0.1) is 0 Å². The summed E-state index contributed by atoms with van der Waals surface area (Å²) in [4.78, 5) is 22.0. The number of aromatic amines is 1. The highest BCUT2D eigenvalue weighted by molar-refractivity contribution is 5.37. The molecule has 122 valence electrons. The Morgan fingerprint density at radius 3 is 2.55 bits per heavy atom. The number of nitrogens with one attached hydrogen (secondary N) is 1. The summed E-state index contributed by atoms with van der Waals surface area (Å²) < 4.78 is 5.67. The van der Waals surface area contributed by atoms with Crippen molar-refractivity contribution in [1.82, 2.24) is 9.97 Å². The third-order valence-electron chi connectivity index (χ3n) is 5.44. The summed E-state index contributed by atoms with van der Waals surface area (Å²) in [6.45, 7) is 12.0. The lowest BCUT2D eigenvalue weighted by atomic mass is 9.72. The molecule has 22 heavy (non-hydrogen) atoms. The molecule has 1 aromatic heterocycles. The first-order valence-electron chi connectivity index (χ1n) is 8.24. The second kappa shape index (κ2) is 5.37. The molecule has 0 aromatic carbocycles. The Hall–Kier alpha value is -1.36. The number of aromatic nitrogens is 2. The maximum absolute atomic E-state index is 12.4. The topological polar surface area (TPSA) is 58.2 Å². The molecule has 2 aliphatic rings. The van der Waals surface area contributed by atoms with Crippen LogP contribution in [-0.4, -0.2) is 36.3 Å². The van der Waals surface area contributed by atoms with Gasteiger partial charge >= 0.3 is 0 Å². The van der Waals surface area contributed by atoms with Crippen molar-refractivity contribution in [2.45, 2.75) is 46.0 Å². The zero-order valence-electron chi connectivity index (χ0n) is 14.1. The maximum atomic E-state index is 12.4. The van der Waals surface area contributed by atoms with Crippen LogP contribution in [0, 0.1) is 11.3 Å². The predicted molar refractivity (Wildman–Crippen MR) is 87.4 cm³/mol. The van der Waals surface area contributed by atoms with E-state index in [4.69, 9.17) is 4.74 Å². The van der Waals surface area contributed by atoms with Gasteiger partial charge in [-0.25, -0.2) is 4.98 Å². The number of H-pyrrole nitrogens is 1. The van der Waals surface area contributed by atoms with Crippen molar-refractivity contribution >= 4 is 5.82 Å². The van der Waals surface area contributed by atoms with Crippen molar-refractivity contribution in [1.29, 1.82) is 0 Å². The molecular formula is C17H27N3O2. The van der Waals surface area contributed by atoms with Gasteiger partial charge in [-0.05, 0) is 18.8 Å². The number of nitrogens with zero attached hydrogens (tertiary/aromatic N) is 2. The monoisotopic (exact) mass is 305 g/mol. The molecule has 1 spiro atoms. The van der Waals surface area contributed by atoms with Gasteiger partial charge in [-0.1, -0.05) is 27.7 Å². The molecule has 0 radical (unpaired) electrons. The summed E-state index contributed by atoms with van der Waals surface area (Å²) >= 11 is 0. The summed E-state index contributed by atoms with van der Waals surface area (Å²) in [6, 6.07) is 0. The molecule has 5 nitrogen and oxygen atoms in total. The van der Waals surface area contributed by atoms with Gasteiger partial charge in [-0.3, -0.25) is 4.79 Å². The Balaban J connectivity index is 1.75. The van der Waals surface area contributed by atoms with Gasteiger partial charge in [0.25, 0.3) is 5.56 Å². The Bertz CT molecular complexity index is 595. The lowest BCUT2D eigenvalue weighted by Gasteiger charge is -2.41. The van der Waals surface area contributed by atoms with Gasteiger partial charge in [0.05, 0.1) is 6.61 Å². The molecule has 2 saturated heterocycles. The van der Waals surface area contributed by atoms with Crippen LogP contribution < -0.4 is 10.5 Å².